The number of hydrogen-bond acceptors (Lipinski definition) is 4. The van der Waals surface area contributed by atoms with Gasteiger partial charge in [0, 0.05) is 6.42 Å². The maximum atomic E-state index is 10.7. The zero-order valence-corrected chi connectivity index (χ0v) is 8.12. The van der Waals surface area contributed by atoms with Crippen molar-refractivity contribution in [3.8, 4) is 0 Å². The van der Waals surface area contributed by atoms with Crippen LogP contribution in [-0.4, -0.2) is 29.8 Å². The highest BCUT2D eigenvalue weighted by molar-refractivity contribution is 5.75. The van der Waals surface area contributed by atoms with Crippen LogP contribution in [0.3, 0.4) is 0 Å². The lowest BCUT2D eigenvalue weighted by Gasteiger charge is -2.12. The van der Waals surface area contributed by atoms with Crippen molar-refractivity contribution in [1.82, 2.24) is 5.43 Å². The molecular weight excluding hydrogens is 172 g/mol. The van der Waals surface area contributed by atoms with Crippen LogP contribution in [0.1, 0.15) is 26.7 Å². The maximum Gasteiger partial charge on any atom is 0.233 e. The predicted molar refractivity (Wildman–Crippen MR) is 48.7 cm³/mol. The number of hydrazine groups is 1. The van der Waals surface area contributed by atoms with E-state index in [1.165, 1.54) is 0 Å². The van der Waals surface area contributed by atoms with Crippen LogP contribution in [0.4, 0.5) is 0 Å². The molecule has 13 heavy (non-hydrogen) atoms. The summed E-state index contributed by atoms with van der Waals surface area (Å²) in [6, 6.07) is 0. The Morgan fingerprint density at radius 1 is 1.62 bits per heavy atom. The third-order valence-corrected chi connectivity index (χ3v) is 1.49. The molecule has 0 saturated heterocycles. The normalized spacial score (nSPS) is 13.0. The van der Waals surface area contributed by atoms with Gasteiger partial charge in [-0.05, 0) is 20.3 Å². The highest BCUT2D eigenvalue weighted by Gasteiger charge is 2.08. The number of aliphatic hydroxyl groups is 1. The third-order valence-electron chi connectivity index (χ3n) is 1.49. The Balaban J connectivity index is 3.40. The van der Waals surface area contributed by atoms with Crippen molar-refractivity contribution in [2.75, 3.05) is 6.61 Å². The SMILES string of the molecule is CC(C)OC[C@@H](O)CCC(=O)NN. The Morgan fingerprint density at radius 3 is 2.69 bits per heavy atom. The molecule has 0 aliphatic carbocycles. The summed E-state index contributed by atoms with van der Waals surface area (Å²) < 4.78 is 5.16. The minimum Gasteiger partial charge on any atom is -0.391 e. The Morgan fingerprint density at radius 2 is 2.23 bits per heavy atom. The number of ether oxygens (including phenoxy) is 1. The van der Waals surface area contributed by atoms with Crippen molar-refractivity contribution >= 4 is 5.91 Å². The topological polar surface area (TPSA) is 84.6 Å². The largest absolute Gasteiger partial charge is 0.391 e. The van der Waals surface area contributed by atoms with Crippen molar-refractivity contribution in [3.63, 3.8) is 0 Å². The maximum absolute atomic E-state index is 10.7. The van der Waals surface area contributed by atoms with Gasteiger partial charge in [-0.2, -0.15) is 0 Å². The van der Waals surface area contributed by atoms with Gasteiger partial charge in [0.25, 0.3) is 0 Å². The molecule has 5 heteroatoms. The van der Waals surface area contributed by atoms with Gasteiger partial charge in [0.1, 0.15) is 0 Å². The molecule has 0 aromatic rings. The number of nitrogens with two attached hydrogens (primary N) is 1. The molecule has 5 nitrogen and oxygen atoms in total. The van der Waals surface area contributed by atoms with Gasteiger partial charge in [0.05, 0.1) is 18.8 Å². The first-order valence-electron chi connectivity index (χ1n) is 4.35. The summed E-state index contributed by atoms with van der Waals surface area (Å²) in [6.45, 7) is 4.04. The van der Waals surface area contributed by atoms with E-state index in [1.807, 2.05) is 19.3 Å². The molecular formula is C8H18N2O3. The Labute approximate surface area is 78.2 Å². The molecule has 0 saturated carbocycles. The van der Waals surface area contributed by atoms with Crippen molar-refractivity contribution < 1.29 is 14.6 Å². The van der Waals surface area contributed by atoms with Crippen molar-refractivity contribution in [2.45, 2.75) is 38.9 Å². The lowest BCUT2D eigenvalue weighted by atomic mass is 10.2. The highest BCUT2D eigenvalue weighted by Crippen LogP contribution is 1.99. The van der Waals surface area contributed by atoms with Crippen LogP contribution in [0.25, 0.3) is 0 Å². The van der Waals surface area contributed by atoms with Crippen LogP contribution in [0, 0.1) is 0 Å². The van der Waals surface area contributed by atoms with Crippen LogP contribution >= 0.6 is 0 Å². The Kier molecular flexibility index (Phi) is 6.48. The molecule has 0 bridgehead atoms. The summed E-state index contributed by atoms with van der Waals surface area (Å²) in [7, 11) is 0. The van der Waals surface area contributed by atoms with Crippen LogP contribution in [0.5, 0.6) is 0 Å². The molecule has 0 unspecified atom stereocenters. The molecule has 0 aromatic carbocycles. The molecule has 0 fully saturated rings. The molecule has 1 atom stereocenters. The molecule has 0 aliphatic rings. The molecule has 78 valence electrons. The van der Waals surface area contributed by atoms with E-state index in [1.54, 1.807) is 0 Å². The van der Waals surface area contributed by atoms with Crippen LogP contribution in [0.15, 0.2) is 0 Å². The average molecular weight is 190 g/mol. The van der Waals surface area contributed by atoms with Gasteiger partial charge in [-0.25, -0.2) is 5.84 Å². The molecule has 0 heterocycles. The quantitative estimate of drug-likeness (QED) is 0.301. The first kappa shape index (κ1) is 12.3. The zero-order chi connectivity index (χ0) is 10.3. The standard InChI is InChI=1S/C8H18N2O3/c1-6(2)13-5-7(11)3-4-8(12)10-9/h6-7,11H,3-5,9H2,1-2H3,(H,10,12)/t7-/m0/s1. The van der Waals surface area contributed by atoms with Crippen LogP contribution in [0.2, 0.25) is 0 Å². The molecule has 0 rings (SSSR count). The van der Waals surface area contributed by atoms with Crippen molar-refractivity contribution in [1.29, 1.82) is 0 Å². The van der Waals surface area contributed by atoms with Crippen LogP contribution < -0.4 is 11.3 Å². The number of nitrogens with one attached hydrogen (secondary N) is 1. The lowest BCUT2D eigenvalue weighted by Crippen LogP contribution is -2.31. The van der Waals surface area contributed by atoms with E-state index in [0.717, 1.165) is 0 Å². The van der Waals surface area contributed by atoms with Crippen molar-refractivity contribution in [3.05, 3.63) is 0 Å². The van der Waals surface area contributed by atoms with E-state index in [9.17, 15) is 9.90 Å². The number of amides is 1. The number of hydrogen-bond donors (Lipinski definition) is 3. The molecule has 0 radical (unpaired) electrons. The lowest BCUT2D eigenvalue weighted by molar-refractivity contribution is -0.122. The predicted octanol–water partition coefficient (Wildman–Crippen LogP) is -0.458. The van der Waals surface area contributed by atoms with E-state index >= 15 is 0 Å². The van der Waals surface area contributed by atoms with Crippen LogP contribution in [-0.2, 0) is 9.53 Å². The second-order valence-electron chi connectivity index (χ2n) is 3.14. The minimum absolute atomic E-state index is 0.0954. The summed E-state index contributed by atoms with van der Waals surface area (Å²) in [5.41, 5.74) is 1.99. The average Bonchev–Trinajstić information content (AvgIpc) is 2.10. The van der Waals surface area contributed by atoms with E-state index in [-0.39, 0.29) is 25.0 Å². The molecule has 4 N–H and O–H groups in total. The monoisotopic (exact) mass is 190 g/mol. The van der Waals surface area contributed by atoms with Gasteiger partial charge in [-0.1, -0.05) is 0 Å². The first-order chi connectivity index (χ1) is 6.06. The summed E-state index contributed by atoms with van der Waals surface area (Å²) in [5, 5.41) is 9.30. The van der Waals surface area contributed by atoms with E-state index < -0.39 is 6.10 Å². The number of carbonyl (C=O) groups excluding carboxylic acids is 1. The van der Waals surface area contributed by atoms with Gasteiger partial charge >= 0.3 is 0 Å². The highest BCUT2D eigenvalue weighted by atomic mass is 16.5. The fourth-order valence-electron chi connectivity index (χ4n) is 0.757. The molecule has 1 amide bonds. The summed E-state index contributed by atoms with van der Waals surface area (Å²) in [5.74, 6) is 4.59. The Bertz CT molecular complexity index is 150. The number of aliphatic hydroxyl groups excluding tert-OH is 1. The summed E-state index contributed by atoms with van der Waals surface area (Å²) in [6.07, 6.45) is 0.0900. The second kappa shape index (κ2) is 6.82. The molecule has 0 spiro atoms. The van der Waals surface area contributed by atoms with Gasteiger partial charge in [0.15, 0.2) is 0 Å². The van der Waals surface area contributed by atoms with Gasteiger partial charge < -0.3 is 9.84 Å². The zero-order valence-electron chi connectivity index (χ0n) is 8.12. The molecule has 0 aliphatic heterocycles. The number of rotatable bonds is 6. The van der Waals surface area contributed by atoms with Gasteiger partial charge in [-0.3, -0.25) is 10.2 Å². The smallest absolute Gasteiger partial charge is 0.233 e. The fraction of sp³-hybridized carbons (Fsp3) is 0.875. The van der Waals surface area contributed by atoms with Crippen molar-refractivity contribution in [2.24, 2.45) is 5.84 Å². The summed E-state index contributed by atoms with van der Waals surface area (Å²) >= 11 is 0. The molecule has 0 aromatic heterocycles. The first-order valence-corrected chi connectivity index (χ1v) is 4.35. The van der Waals surface area contributed by atoms with E-state index in [4.69, 9.17) is 10.6 Å². The summed E-state index contributed by atoms with van der Waals surface area (Å²) in [4.78, 5) is 10.7. The van der Waals surface area contributed by atoms with E-state index in [2.05, 4.69) is 0 Å². The number of carbonyl (C=O) groups is 1. The van der Waals surface area contributed by atoms with Gasteiger partial charge in [-0.15, -0.1) is 0 Å². The second-order valence-corrected chi connectivity index (χ2v) is 3.14. The fourth-order valence-corrected chi connectivity index (χ4v) is 0.757. The third kappa shape index (κ3) is 7.70. The Hall–Kier alpha value is -0.650. The van der Waals surface area contributed by atoms with E-state index in [0.29, 0.717) is 6.42 Å². The minimum atomic E-state index is -0.598. The van der Waals surface area contributed by atoms with Gasteiger partial charge in [0.2, 0.25) is 5.91 Å².